The van der Waals surface area contributed by atoms with E-state index in [0.717, 1.165) is 10.0 Å². The van der Waals surface area contributed by atoms with Gasteiger partial charge < -0.3 is 5.73 Å². The summed E-state index contributed by atoms with van der Waals surface area (Å²) in [6.07, 6.45) is 0. The molecule has 0 saturated heterocycles. The Hall–Kier alpha value is -0.550. The number of primary amides is 1. The Balaban J connectivity index is 2.64. The lowest BCUT2D eigenvalue weighted by Gasteiger charge is -2.13. The van der Waals surface area contributed by atoms with Crippen molar-refractivity contribution in [3.05, 3.63) is 11.1 Å². The first-order valence-electron chi connectivity index (χ1n) is 4.26. The Kier molecular flexibility index (Phi) is 3.55. The van der Waals surface area contributed by atoms with Gasteiger partial charge in [0.25, 0.3) is 0 Å². The van der Waals surface area contributed by atoms with Crippen LogP contribution in [-0.4, -0.2) is 16.6 Å². The van der Waals surface area contributed by atoms with Crippen LogP contribution in [0.5, 0.6) is 0 Å². The van der Waals surface area contributed by atoms with Crippen LogP contribution in [0.15, 0.2) is 9.72 Å². The van der Waals surface area contributed by atoms with E-state index in [-0.39, 0.29) is 11.3 Å². The van der Waals surface area contributed by atoms with Crippen molar-refractivity contribution in [1.82, 2.24) is 4.98 Å². The standard InChI is InChI=1S/C9H14N2OS2/c1-9(2,3)6-4-13-8(11-6)14-5-7(10)12/h4H,5H2,1-3H3,(H2,10,12). The number of aromatic nitrogens is 1. The average Bonchev–Trinajstić information content (AvgIpc) is 2.47. The number of amides is 1. The molecule has 0 aliphatic rings. The average molecular weight is 230 g/mol. The van der Waals surface area contributed by atoms with E-state index in [4.69, 9.17) is 5.73 Å². The molecular formula is C9H14N2OS2. The van der Waals surface area contributed by atoms with Gasteiger partial charge in [0.2, 0.25) is 5.91 Å². The summed E-state index contributed by atoms with van der Waals surface area (Å²) in [7, 11) is 0. The summed E-state index contributed by atoms with van der Waals surface area (Å²) in [4.78, 5) is 15.0. The zero-order valence-corrected chi connectivity index (χ0v) is 10.2. The molecule has 1 aromatic heterocycles. The van der Waals surface area contributed by atoms with Crippen molar-refractivity contribution in [3.8, 4) is 0 Å². The highest BCUT2D eigenvalue weighted by molar-refractivity contribution is 8.01. The van der Waals surface area contributed by atoms with Crippen molar-refractivity contribution in [2.24, 2.45) is 5.73 Å². The van der Waals surface area contributed by atoms with Crippen molar-refractivity contribution in [2.75, 3.05) is 5.75 Å². The lowest BCUT2D eigenvalue weighted by molar-refractivity contribution is -0.115. The van der Waals surface area contributed by atoms with Crippen LogP contribution >= 0.6 is 23.1 Å². The maximum atomic E-state index is 10.6. The molecule has 0 aliphatic heterocycles. The SMILES string of the molecule is CC(C)(C)c1csc(SCC(N)=O)n1. The molecule has 0 aliphatic carbocycles. The molecule has 0 aromatic carbocycles. The molecule has 0 radical (unpaired) electrons. The first kappa shape index (κ1) is 11.5. The summed E-state index contributed by atoms with van der Waals surface area (Å²) >= 11 is 2.96. The Bertz CT molecular complexity index is 328. The fourth-order valence-electron chi connectivity index (χ4n) is 0.801. The van der Waals surface area contributed by atoms with Crippen molar-refractivity contribution < 1.29 is 4.79 Å². The highest BCUT2D eigenvalue weighted by Crippen LogP contribution is 2.28. The van der Waals surface area contributed by atoms with E-state index in [1.54, 1.807) is 11.3 Å². The van der Waals surface area contributed by atoms with Crippen LogP contribution < -0.4 is 5.73 Å². The van der Waals surface area contributed by atoms with Crippen LogP contribution in [0, 0.1) is 0 Å². The molecule has 0 unspecified atom stereocenters. The molecule has 3 nitrogen and oxygen atoms in total. The van der Waals surface area contributed by atoms with Crippen LogP contribution in [0.1, 0.15) is 26.5 Å². The summed E-state index contributed by atoms with van der Waals surface area (Å²) in [6.45, 7) is 6.35. The zero-order chi connectivity index (χ0) is 10.8. The van der Waals surface area contributed by atoms with Gasteiger partial charge in [-0.1, -0.05) is 32.5 Å². The van der Waals surface area contributed by atoms with Gasteiger partial charge in [0.1, 0.15) is 0 Å². The third-order valence-electron chi connectivity index (χ3n) is 1.59. The lowest BCUT2D eigenvalue weighted by Crippen LogP contribution is -2.13. The molecule has 0 spiro atoms. The minimum Gasteiger partial charge on any atom is -0.369 e. The minimum absolute atomic E-state index is 0.0715. The van der Waals surface area contributed by atoms with Gasteiger partial charge >= 0.3 is 0 Å². The molecule has 1 amide bonds. The Labute approximate surface area is 92.1 Å². The van der Waals surface area contributed by atoms with E-state index >= 15 is 0 Å². The summed E-state index contributed by atoms with van der Waals surface area (Å²) < 4.78 is 0.911. The molecule has 0 bridgehead atoms. The Morgan fingerprint density at radius 1 is 1.64 bits per heavy atom. The quantitative estimate of drug-likeness (QED) is 0.808. The van der Waals surface area contributed by atoms with Crippen LogP contribution in [0.2, 0.25) is 0 Å². The van der Waals surface area contributed by atoms with Gasteiger partial charge in [0, 0.05) is 10.8 Å². The van der Waals surface area contributed by atoms with Gasteiger partial charge in [-0.25, -0.2) is 4.98 Å². The summed E-state index contributed by atoms with van der Waals surface area (Å²) in [6, 6.07) is 0. The van der Waals surface area contributed by atoms with Gasteiger partial charge in [-0.2, -0.15) is 0 Å². The number of carbonyl (C=O) groups excluding carboxylic acids is 1. The van der Waals surface area contributed by atoms with Crippen molar-refractivity contribution in [1.29, 1.82) is 0 Å². The van der Waals surface area contributed by atoms with E-state index in [1.165, 1.54) is 11.8 Å². The van der Waals surface area contributed by atoms with Crippen molar-refractivity contribution in [2.45, 2.75) is 30.5 Å². The Morgan fingerprint density at radius 2 is 2.29 bits per heavy atom. The van der Waals surface area contributed by atoms with E-state index in [1.807, 2.05) is 5.38 Å². The summed E-state index contributed by atoms with van der Waals surface area (Å²) in [5, 5.41) is 2.03. The van der Waals surface area contributed by atoms with Crippen molar-refractivity contribution >= 4 is 29.0 Å². The summed E-state index contributed by atoms with van der Waals surface area (Å²) in [5.74, 6) is -0.000558. The number of nitrogens with two attached hydrogens (primary N) is 1. The fraction of sp³-hybridized carbons (Fsp3) is 0.556. The Morgan fingerprint density at radius 3 is 2.71 bits per heavy atom. The van der Waals surface area contributed by atoms with E-state index in [0.29, 0.717) is 5.75 Å². The monoisotopic (exact) mass is 230 g/mol. The van der Waals surface area contributed by atoms with Crippen LogP contribution in [0.25, 0.3) is 0 Å². The van der Waals surface area contributed by atoms with Gasteiger partial charge in [-0.15, -0.1) is 11.3 Å². The normalized spacial score (nSPS) is 11.6. The molecule has 1 rings (SSSR count). The first-order valence-corrected chi connectivity index (χ1v) is 6.13. The number of hydrogen-bond donors (Lipinski definition) is 1. The van der Waals surface area contributed by atoms with Crippen LogP contribution in [0.4, 0.5) is 0 Å². The summed E-state index contributed by atoms with van der Waals surface area (Å²) in [5.41, 5.74) is 6.19. The second-order valence-corrected chi connectivity index (χ2v) is 6.08. The molecule has 0 fully saturated rings. The second-order valence-electron chi connectivity index (χ2n) is 4.00. The predicted molar refractivity (Wildman–Crippen MR) is 60.7 cm³/mol. The van der Waals surface area contributed by atoms with E-state index in [9.17, 15) is 4.79 Å². The second kappa shape index (κ2) is 4.31. The zero-order valence-electron chi connectivity index (χ0n) is 8.53. The fourth-order valence-corrected chi connectivity index (χ4v) is 2.59. The van der Waals surface area contributed by atoms with Crippen LogP contribution in [-0.2, 0) is 10.2 Å². The third-order valence-corrected chi connectivity index (χ3v) is 3.63. The number of carbonyl (C=O) groups is 1. The highest BCUT2D eigenvalue weighted by atomic mass is 32.2. The molecule has 1 aromatic rings. The van der Waals surface area contributed by atoms with Gasteiger partial charge in [0.05, 0.1) is 11.4 Å². The molecule has 5 heteroatoms. The molecule has 0 atom stereocenters. The van der Waals surface area contributed by atoms with Crippen LogP contribution in [0.3, 0.4) is 0 Å². The van der Waals surface area contributed by atoms with Gasteiger partial charge in [0.15, 0.2) is 4.34 Å². The highest BCUT2D eigenvalue weighted by Gasteiger charge is 2.17. The molecule has 14 heavy (non-hydrogen) atoms. The van der Waals surface area contributed by atoms with Gasteiger partial charge in [-0.3, -0.25) is 4.79 Å². The van der Waals surface area contributed by atoms with Crippen molar-refractivity contribution in [3.63, 3.8) is 0 Å². The van der Waals surface area contributed by atoms with E-state index in [2.05, 4.69) is 25.8 Å². The lowest BCUT2D eigenvalue weighted by atomic mass is 9.93. The molecule has 2 N–H and O–H groups in total. The number of rotatable bonds is 3. The maximum Gasteiger partial charge on any atom is 0.227 e. The molecule has 1 heterocycles. The number of hydrogen-bond acceptors (Lipinski definition) is 4. The number of nitrogens with zero attached hydrogens (tertiary/aromatic N) is 1. The molecule has 78 valence electrons. The number of thiazole rings is 1. The predicted octanol–water partition coefficient (Wildman–Crippen LogP) is 2.02. The van der Waals surface area contributed by atoms with Gasteiger partial charge in [-0.05, 0) is 0 Å². The smallest absolute Gasteiger partial charge is 0.227 e. The largest absolute Gasteiger partial charge is 0.369 e. The number of thioether (sulfide) groups is 1. The third kappa shape index (κ3) is 3.31. The molecular weight excluding hydrogens is 216 g/mol. The van der Waals surface area contributed by atoms with E-state index < -0.39 is 0 Å². The molecule has 0 saturated carbocycles. The topological polar surface area (TPSA) is 56.0 Å². The first-order chi connectivity index (χ1) is 6.39. The minimum atomic E-state index is -0.303. The maximum absolute atomic E-state index is 10.6.